The molecule has 1 atom stereocenters. The van der Waals surface area contributed by atoms with Crippen LogP contribution < -0.4 is 5.56 Å². The minimum absolute atomic E-state index is 0.0116. The molecule has 0 saturated heterocycles. The van der Waals surface area contributed by atoms with Crippen LogP contribution in [0.5, 0.6) is 0 Å². The van der Waals surface area contributed by atoms with Gasteiger partial charge in [-0.05, 0) is 18.4 Å². The number of nitrogens with zero attached hydrogens (tertiary/aromatic N) is 3. The van der Waals surface area contributed by atoms with Crippen molar-refractivity contribution in [3.05, 3.63) is 39.6 Å². The van der Waals surface area contributed by atoms with Crippen LogP contribution in [0.1, 0.15) is 44.6 Å². The fraction of sp³-hybridized carbons (Fsp3) is 0.438. The third kappa shape index (κ3) is 3.07. The maximum Gasteiger partial charge on any atom is 0.271 e. The summed E-state index contributed by atoms with van der Waals surface area (Å²) in [5, 5.41) is 2.53. The summed E-state index contributed by atoms with van der Waals surface area (Å²) in [5.74, 6) is 1.51. The van der Waals surface area contributed by atoms with E-state index in [0.29, 0.717) is 15.7 Å². The molecule has 0 spiro atoms. The van der Waals surface area contributed by atoms with E-state index in [0.717, 1.165) is 11.3 Å². The lowest BCUT2D eigenvalue weighted by atomic mass is 9.94. The van der Waals surface area contributed by atoms with E-state index < -0.39 is 0 Å². The lowest BCUT2D eigenvalue weighted by Crippen LogP contribution is -2.19. The zero-order valence-electron chi connectivity index (χ0n) is 13.8. The van der Waals surface area contributed by atoms with E-state index >= 15 is 0 Å². The van der Waals surface area contributed by atoms with Crippen LogP contribution in [-0.2, 0) is 12.5 Å². The predicted molar refractivity (Wildman–Crippen MR) is 94.3 cm³/mol. The van der Waals surface area contributed by atoms with Crippen molar-refractivity contribution in [2.24, 2.45) is 7.05 Å². The summed E-state index contributed by atoms with van der Waals surface area (Å²) < 4.78 is 8.16. The topological polar surface area (TPSA) is 60.9 Å². The number of hydrogen-bond acceptors (Lipinski definition) is 6. The number of oxazole rings is 1. The molecule has 3 rings (SSSR count). The molecule has 0 aliphatic heterocycles. The summed E-state index contributed by atoms with van der Waals surface area (Å²) in [6.45, 7) is 8.27. The average molecular weight is 349 g/mol. The fourth-order valence-corrected chi connectivity index (χ4v) is 3.83. The summed E-state index contributed by atoms with van der Waals surface area (Å²) in [4.78, 5) is 21.3. The van der Waals surface area contributed by atoms with Crippen molar-refractivity contribution in [2.75, 3.05) is 0 Å². The molecule has 0 aromatic carbocycles. The van der Waals surface area contributed by atoms with Crippen molar-refractivity contribution in [2.45, 2.75) is 43.5 Å². The Hall–Kier alpha value is -1.60. The molecule has 3 aromatic rings. The zero-order valence-corrected chi connectivity index (χ0v) is 15.4. The Kier molecular flexibility index (Phi) is 4.10. The molecule has 7 heteroatoms. The van der Waals surface area contributed by atoms with E-state index in [-0.39, 0.29) is 16.2 Å². The molecule has 3 aromatic heterocycles. The first-order valence-corrected chi connectivity index (χ1v) is 9.10. The molecule has 0 aliphatic carbocycles. The van der Waals surface area contributed by atoms with E-state index in [9.17, 15) is 4.79 Å². The lowest BCUT2D eigenvalue weighted by molar-refractivity contribution is 0.383. The highest BCUT2D eigenvalue weighted by atomic mass is 32.2. The third-order valence-corrected chi connectivity index (χ3v) is 5.56. The normalized spacial score (nSPS) is 13.6. The van der Waals surface area contributed by atoms with Gasteiger partial charge >= 0.3 is 0 Å². The van der Waals surface area contributed by atoms with Gasteiger partial charge in [-0.25, -0.2) is 9.97 Å². The van der Waals surface area contributed by atoms with Gasteiger partial charge in [-0.3, -0.25) is 9.36 Å². The first kappa shape index (κ1) is 16.3. The molecule has 3 heterocycles. The van der Waals surface area contributed by atoms with Gasteiger partial charge in [0.25, 0.3) is 5.56 Å². The summed E-state index contributed by atoms with van der Waals surface area (Å²) in [6, 6.07) is 1.87. The SMILES string of the molecule is CC(Sc1nc2ccsc2c(=O)n1C)c1ncc(C(C)(C)C)o1. The maximum atomic E-state index is 12.3. The van der Waals surface area contributed by atoms with Gasteiger partial charge in [-0.15, -0.1) is 11.3 Å². The van der Waals surface area contributed by atoms with Crippen molar-refractivity contribution in [1.29, 1.82) is 0 Å². The van der Waals surface area contributed by atoms with Crippen molar-refractivity contribution in [3.63, 3.8) is 0 Å². The number of thiophene rings is 1. The van der Waals surface area contributed by atoms with Crippen LogP contribution >= 0.6 is 23.1 Å². The van der Waals surface area contributed by atoms with Crippen LogP contribution in [-0.4, -0.2) is 14.5 Å². The predicted octanol–water partition coefficient (Wildman–Crippen LogP) is 4.13. The van der Waals surface area contributed by atoms with Crippen LogP contribution in [0.2, 0.25) is 0 Å². The summed E-state index contributed by atoms with van der Waals surface area (Å²) in [6.07, 6.45) is 1.78. The highest BCUT2D eigenvalue weighted by molar-refractivity contribution is 7.99. The molecule has 1 unspecified atom stereocenters. The molecule has 0 amide bonds. The molecule has 5 nitrogen and oxygen atoms in total. The Labute approximate surface area is 142 Å². The van der Waals surface area contributed by atoms with Gasteiger partial charge in [-0.2, -0.15) is 0 Å². The quantitative estimate of drug-likeness (QED) is 0.525. The van der Waals surface area contributed by atoms with Crippen molar-refractivity contribution in [1.82, 2.24) is 14.5 Å². The highest BCUT2D eigenvalue weighted by Crippen LogP contribution is 2.35. The summed E-state index contributed by atoms with van der Waals surface area (Å²) >= 11 is 2.90. The van der Waals surface area contributed by atoms with Crippen molar-refractivity contribution < 1.29 is 4.42 Å². The average Bonchev–Trinajstić information content (AvgIpc) is 3.12. The van der Waals surface area contributed by atoms with Gasteiger partial charge < -0.3 is 4.42 Å². The molecular weight excluding hydrogens is 330 g/mol. The second-order valence-corrected chi connectivity index (χ2v) is 8.69. The van der Waals surface area contributed by atoms with E-state index in [1.165, 1.54) is 23.1 Å². The van der Waals surface area contributed by atoms with Gasteiger partial charge in [0.1, 0.15) is 10.5 Å². The van der Waals surface area contributed by atoms with Crippen LogP contribution in [0.25, 0.3) is 10.2 Å². The van der Waals surface area contributed by atoms with Crippen LogP contribution in [0.3, 0.4) is 0 Å². The highest BCUT2D eigenvalue weighted by Gasteiger charge is 2.23. The summed E-state index contributed by atoms with van der Waals surface area (Å²) in [5.41, 5.74) is 0.661. The molecule has 0 N–H and O–H groups in total. The molecule has 0 fully saturated rings. The molecule has 122 valence electrons. The minimum atomic E-state index is -0.0731. The Bertz CT molecular complexity index is 902. The third-order valence-electron chi connectivity index (χ3n) is 3.54. The maximum absolute atomic E-state index is 12.3. The first-order chi connectivity index (χ1) is 10.8. The van der Waals surface area contributed by atoms with Crippen LogP contribution in [0.4, 0.5) is 0 Å². The number of fused-ring (bicyclic) bond motifs is 1. The molecule has 0 bridgehead atoms. The van der Waals surface area contributed by atoms with Gasteiger partial charge in [0.05, 0.1) is 17.0 Å². The van der Waals surface area contributed by atoms with E-state index in [4.69, 9.17) is 4.42 Å². The van der Waals surface area contributed by atoms with Crippen molar-refractivity contribution in [3.8, 4) is 0 Å². The van der Waals surface area contributed by atoms with Gasteiger partial charge in [0.15, 0.2) is 5.16 Å². The van der Waals surface area contributed by atoms with E-state index in [1.54, 1.807) is 17.8 Å². The van der Waals surface area contributed by atoms with Gasteiger partial charge in [0.2, 0.25) is 5.89 Å². The van der Waals surface area contributed by atoms with Crippen molar-refractivity contribution >= 4 is 33.3 Å². The Balaban J connectivity index is 1.91. The second-order valence-electron chi connectivity index (χ2n) is 6.47. The Morgan fingerprint density at radius 3 is 2.78 bits per heavy atom. The monoisotopic (exact) mass is 349 g/mol. The lowest BCUT2D eigenvalue weighted by Gasteiger charge is -2.14. The first-order valence-electron chi connectivity index (χ1n) is 7.34. The van der Waals surface area contributed by atoms with Crippen LogP contribution in [0.15, 0.2) is 32.0 Å². The number of hydrogen-bond donors (Lipinski definition) is 0. The number of rotatable bonds is 3. The van der Waals surface area contributed by atoms with Gasteiger partial charge in [0, 0.05) is 12.5 Å². The molecular formula is C16H19N3O2S2. The minimum Gasteiger partial charge on any atom is -0.444 e. The molecule has 23 heavy (non-hydrogen) atoms. The Morgan fingerprint density at radius 1 is 1.39 bits per heavy atom. The smallest absolute Gasteiger partial charge is 0.271 e. The summed E-state index contributed by atoms with van der Waals surface area (Å²) in [7, 11) is 1.75. The molecule has 0 radical (unpaired) electrons. The van der Waals surface area contributed by atoms with Crippen LogP contribution in [0, 0.1) is 0 Å². The van der Waals surface area contributed by atoms with Gasteiger partial charge in [-0.1, -0.05) is 32.5 Å². The largest absolute Gasteiger partial charge is 0.444 e. The fourth-order valence-electron chi connectivity index (χ4n) is 2.10. The Morgan fingerprint density at radius 2 is 2.13 bits per heavy atom. The molecule has 0 aliphatic rings. The molecule has 0 saturated carbocycles. The van der Waals surface area contributed by atoms with E-state index in [2.05, 4.69) is 30.7 Å². The number of thioether (sulfide) groups is 1. The zero-order chi connectivity index (χ0) is 16.8. The van der Waals surface area contributed by atoms with E-state index in [1.807, 2.05) is 18.4 Å². The standard InChI is InChI=1S/C16H19N3O2S2/c1-9(13-17-8-11(21-13)16(2,3)4)23-15-18-10-6-7-22-12(10)14(20)19(15)5/h6-9H,1-5H3. The second kappa shape index (κ2) is 5.79. The number of aromatic nitrogens is 3.